The average molecular weight is 234 g/mol. The van der Waals surface area contributed by atoms with Crippen LogP contribution in [0.5, 0.6) is 5.75 Å². The second-order valence-corrected chi connectivity index (χ2v) is 4.23. The van der Waals surface area contributed by atoms with Crippen LogP contribution in [-0.4, -0.2) is 7.11 Å². The summed E-state index contributed by atoms with van der Waals surface area (Å²) in [4.78, 5) is 0. The van der Waals surface area contributed by atoms with Crippen LogP contribution in [0.3, 0.4) is 0 Å². The number of hydrogen-bond donors (Lipinski definition) is 0. The minimum absolute atomic E-state index is 0.917. The topological polar surface area (TPSA) is 9.23 Å². The van der Waals surface area contributed by atoms with E-state index in [9.17, 15) is 0 Å². The number of hydrogen-bond acceptors (Lipinski definition) is 1. The van der Waals surface area contributed by atoms with E-state index < -0.39 is 0 Å². The van der Waals surface area contributed by atoms with Crippen LogP contribution in [-0.2, 0) is 0 Å². The fourth-order valence-electron chi connectivity index (χ4n) is 2.33. The molecule has 0 radical (unpaired) electrons. The summed E-state index contributed by atoms with van der Waals surface area (Å²) in [6.45, 7) is 0. The number of methoxy groups -OCH3 is 1. The summed E-state index contributed by atoms with van der Waals surface area (Å²) in [6, 6.07) is 14.5. The molecule has 18 heavy (non-hydrogen) atoms. The second-order valence-electron chi connectivity index (χ2n) is 4.23. The summed E-state index contributed by atoms with van der Waals surface area (Å²) < 4.78 is 5.51. The first kappa shape index (κ1) is 10.8. The minimum Gasteiger partial charge on any atom is -0.496 e. The molecule has 0 bridgehead atoms. The highest BCUT2D eigenvalue weighted by Crippen LogP contribution is 2.37. The van der Waals surface area contributed by atoms with Gasteiger partial charge in [-0.3, -0.25) is 0 Å². The van der Waals surface area contributed by atoms with E-state index >= 15 is 0 Å². The zero-order valence-corrected chi connectivity index (χ0v) is 10.3. The molecule has 0 saturated heterocycles. The number of benzene rings is 2. The monoisotopic (exact) mass is 234 g/mol. The number of rotatable bonds is 1. The average Bonchev–Trinajstić information content (AvgIpc) is 2.41. The summed E-state index contributed by atoms with van der Waals surface area (Å²) in [5.74, 6) is 0.917. The Morgan fingerprint density at radius 3 is 2.33 bits per heavy atom. The lowest BCUT2D eigenvalue weighted by molar-refractivity contribution is 0.416. The molecule has 0 aliphatic heterocycles. The van der Waals surface area contributed by atoms with E-state index in [-0.39, 0.29) is 0 Å². The Morgan fingerprint density at radius 2 is 1.50 bits per heavy atom. The van der Waals surface area contributed by atoms with Crippen LogP contribution in [0.4, 0.5) is 0 Å². The van der Waals surface area contributed by atoms with Crippen LogP contribution in [0.25, 0.3) is 23.3 Å². The van der Waals surface area contributed by atoms with Crippen LogP contribution < -0.4 is 4.74 Å². The van der Waals surface area contributed by atoms with Crippen molar-refractivity contribution < 1.29 is 4.74 Å². The molecule has 0 unspecified atom stereocenters. The minimum atomic E-state index is 0.917. The van der Waals surface area contributed by atoms with Crippen molar-refractivity contribution in [2.75, 3.05) is 7.11 Å². The van der Waals surface area contributed by atoms with Gasteiger partial charge in [-0.15, -0.1) is 0 Å². The summed E-state index contributed by atoms with van der Waals surface area (Å²) >= 11 is 0. The van der Waals surface area contributed by atoms with Gasteiger partial charge >= 0.3 is 0 Å². The van der Waals surface area contributed by atoms with E-state index in [2.05, 4.69) is 54.6 Å². The third-order valence-electron chi connectivity index (χ3n) is 3.17. The molecular formula is C17H14O. The molecule has 2 aromatic carbocycles. The zero-order valence-electron chi connectivity index (χ0n) is 10.3. The maximum Gasteiger partial charge on any atom is 0.127 e. The van der Waals surface area contributed by atoms with E-state index in [1.807, 2.05) is 12.1 Å². The third-order valence-corrected chi connectivity index (χ3v) is 3.17. The van der Waals surface area contributed by atoms with Gasteiger partial charge in [-0.25, -0.2) is 0 Å². The third kappa shape index (κ3) is 1.74. The second kappa shape index (κ2) is 4.53. The van der Waals surface area contributed by atoms with Crippen molar-refractivity contribution in [2.24, 2.45) is 0 Å². The highest BCUT2D eigenvalue weighted by atomic mass is 16.5. The van der Waals surface area contributed by atoms with Crippen molar-refractivity contribution in [3.05, 3.63) is 65.7 Å². The molecule has 88 valence electrons. The summed E-state index contributed by atoms with van der Waals surface area (Å²) in [5, 5.41) is 0. The fourth-order valence-corrected chi connectivity index (χ4v) is 2.33. The molecule has 0 N–H and O–H groups in total. The fraction of sp³-hybridized carbons (Fsp3) is 0.0588. The molecule has 0 saturated carbocycles. The number of allylic oxidation sites excluding steroid dienone is 2. The molecular weight excluding hydrogens is 220 g/mol. The lowest BCUT2D eigenvalue weighted by Gasteiger charge is -2.15. The molecule has 0 aromatic heterocycles. The zero-order chi connectivity index (χ0) is 12.4. The first-order chi connectivity index (χ1) is 8.90. The molecule has 1 aliphatic carbocycles. The van der Waals surface area contributed by atoms with Gasteiger partial charge in [0.05, 0.1) is 7.11 Å². The molecule has 0 heterocycles. The molecule has 1 heteroatoms. The molecule has 0 amide bonds. The highest BCUT2D eigenvalue weighted by molar-refractivity contribution is 5.87. The molecule has 2 aromatic rings. The lowest BCUT2D eigenvalue weighted by Crippen LogP contribution is -1.93. The molecule has 0 spiro atoms. The SMILES string of the molecule is COc1cccc2c1-c1ccccc1C=CC=C2. The van der Waals surface area contributed by atoms with Crippen molar-refractivity contribution in [2.45, 2.75) is 0 Å². The van der Waals surface area contributed by atoms with E-state index in [1.165, 1.54) is 16.7 Å². The number of ether oxygens (including phenoxy) is 1. The van der Waals surface area contributed by atoms with Crippen molar-refractivity contribution >= 4 is 12.2 Å². The Hall–Kier alpha value is -2.28. The van der Waals surface area contributed by atoms with E-state index in [4.69, 9.17) is 4.74 Å². The highest BCUT2D eigenvalue weighted by Gasteiger charge is 2.12. The van der Waals surface area contributed by atoms with Crippen LogP contribution >= 0.6 is 0 Å². The van der Waals surface area contributed by atoms with Gasteiger partial charge in [0.1, 0.15) is 5.75 Å². The van der Waals surface area contributed by atoms with Gasteiger partial charge in [-0.05, 0) is 22.8 Å². The van der Waals surface area contributed by atoms with Crippen LogP contribution in [0.1, 0.15) is 11.1 Å². The van der Waals surface area contributed by atoms with Crippen LogP contribution in [0.2, 0.25) is 0 Å². The normalized spacial score (nSPS) is 12.3. The van der Waals surface area contributed by atoms with E-state index in [1.54, 1.807) is 7.11 Å². The van der Waals surface area contributed by atoms with Gasteiger partial charge < -0.3 is 4.74 Å². The van der Waals surface area contributed by atoms with Crippen molar-refractivity contribution in [1.29, 1.82) is 0 Å². The van der Waals surface area contributed by atoms with Gasteiger partial charge in [0, 0.05) is 5.56 Å². The van der Waals surface area contributed by atoms with Gasteiger partial charge in [0.25, 0.3) is 0 Å². The molecule has 0 atom stereocenters. The van der Waals surface area contributed by atoms with Crippen LogP contribution in [0, 0.1) is 0 Å². The van der Waals surface area contributed by atoms with E-state index in [0.717, 1.165) is 11.3 Å². The summed E-state index contributed by atoms with van der Waals surface area (Å²) in [6.07, 6.45) is 8.38. The maximum atomic E-state index is 5.51. The Kier molecular flexibility index (Phi) is 2.73. The lowest BCUT2D eigenvalue weighted by atomic mass is 9.92. The number of fused-ring (bicyclic) bond motifs is 3. The molecule has 1 aliphatic rings. The Labute approximate surface area is 107 Å². The first-order valence-corrected chi connectivity index (χ1v) is 6.01. The smallest absolute Gasteiger partial charge is 0.127 e. The standard InChI is InChI=1S/C17H14O/c1-18-16-12-6-10-14-9-3-2-7-13-8-4-5-11-15(13)17(14)16/h2-12H,1H3. The maximum absolute atomic E-state index is 5.51. The molecule has 3 rings (SSSR count). The summed E-state index contributed by atoms with van der Waals surface area (Å²) in [5.41, 5.74) is 4.78. The quantitative estimate of drug-likeness (QED) is 0.710. The predicted octanol–water partition coefficient (Wildman–Crippen LogP) is 4.40. The van der Waals surface area contributed by atoms with Gasteiger partial charge in [0.2, 0.25) is 0 Å². The summed E-state index contributed by atoms with van der Waals surface area (Å²) in [7, 11) is 1.72. The molecule has 1 nitrogen and oxygen atoms in total. The Morgan fingerprint density at radius 1 is 0.778 bits per heavy atom. The predicted molar refractivity (Wildman–Crippen MR) is 76.5 cm³/mol. The first-order valence-electron chi connectivity index (χ1n) is 6.01. The van der Waals surface area contributed by atoms with E-state index in [0.29, 0.717) is 0 Å². The van der Waals surface area contributed by atoms with Gasteiger partial charge in [-0.2, -0.15) is 0 Å². The van der Waals surface area contributed by atoms with Crippen molar-refractivity contribution in [3.63, 3.8) is 0 Å². The van der Waals surface area contributed by atoms with Crippen molar-refractivity contribution in [1.82, 2.24) is 0 Å². The van der Waals surface area contributed by atoms with Gasteiger partial charge in [-0.1, -0.05) is 60.7 Å². The Balaban J connectivity index is 2.36. The van der Waals surface area contributed by atoms with Gasteiger partial charge in [0.15, 0.2) is 0 Å². The van der Waals surface area contributed by atoms with Crippen LogP contribution in [0.15, 0.2) is 54.6 Å². The molecule has 0 fully saturated rings. The Bertz CT molecular complexity index is 636. The van der Waals surface area contributed by atoms with Crippen molar-refractivity contribution in [3.8, 4) is 16.9 Å². The largest absolute Gasteiger partial charge is 0.496 e.